The van der Waals surface area contributed by atoms with Crippen LogP contribution >= 0.6 is 23.2 Å². The average Bonchev–Trinajstić information content (AvgIpc) is 2.72. The minimum atomic E-state index is -3.82. The van der Waals surface area contributed by atoms with E-state index in [-0.39, 0.29) is 15.5 Å². The lowest BCUT2D eigenvalue weighted by molar-refractivity contribution is 0.0474. The Kier molecular flexibility index (Phi) is 6.95. The van der Waals surface area contributed by atoms with Crippen molar-refractivity contribution in [2.45, 2.75) is 24.2 Å². The molecule has 0 bridgehead atoms. The first-order valence-electron chi connectivity index (χ1n) is 9.04. The van der Waals surface area contributed by atoms with E-state index < -0.39 is 28.4 Å². The molecule has 1 saturated heterocycles. The molecule has 154 valence electrons. The molecule has 0 amide bonds. The largest absolute Gasteiger partial charge is 0.454 e. The van der Waals surface area contributed by atoms with Gasteiger partial charge in [0.2, 0.25) is 10.0 Å². The van der Waals surface area contributed by atoms with E-state index in [0.29, 0.717) is 23.7 Å². The van der Waals surface area contributed by atoms with E-state index in [2.05, 4.69) is 0 Å². The summed E-state index contributed by atoms with van der Waals surface area (Å²) in [6.07, 6.45) is 2.54. The third kappa shape index (κ3) is 5.17. The highest BCUT2D eigenvalue weighted by Crippen LogP contribution is 2.28. The van der Waals surface area contributed by atoms with Gasteiger partial charge in [-0.2, -0.15) is 4.31 Å². The summed E-state index contributed by atoms with van der Waals surface area (Å²) in [4.78, 5) is 24.4. The van der Waals surface area contributed by atoms with Crippen molar-refractivity contribution in [2.24, 2.45) is 0 Å². The molecule has 0 aromatic heterocycles. The maximum Gasteiger partial charge on any atom is 0.338 e. The molecule has 0 radical (unpaired) electrons. The summed E-state index contributed by atoms with van der Waals surface area (Å²) in [5.41, 5.74) is 0.318. The molecule has 0 aliphatic carbocycles. The Morgan fingerprint density at radius 1 is 0.966 bits per heavy atom. The number of hydrogen-bond donors (Lipinski definition) is 0. The fourth-order valence-electron chi connectivity index (χ4n) is 3.03. The summed E-state index contributed by atoms with van der Waals surface area (Å²) in [5, 5.41) is 0.426. The lowest BCUT2D eigenvalue weighted by atomic mass is 10.1. The summed E-state index contributed by atoms with van der Waals surface area (Å²) in [6, 6.07) is 10.2. The number of halogens is 2. The zero-order valence-electron chi connectivity index (χ0n) is 15.4. The predicted molar refractivity (Wildman–Crippen MR) is 110 cm³/mol. The minimum Gasteiger partial charge on any atom is -0.454 e. The van der Waals surface area contributed by atoms with Crippen molar-refractivity contribution in [1.82, 2.24) is 4.31 Å². The van der Waals surface area contributed by atoms with Gasteiger partial charge < -0.3 is 4.74 Å². The number of sulfonamides is 1. The molecule has 6 nitrogen and oxygen atoms in total. The fourth-order valence-corrected chi connectivity index (χ4v) is 5.24. The fraction of sp³-hybridized carbons (Fsp3) is 0.300. The second-order valence-corrected chi connectivity index (χ2v) is 9.37. The number of ketones is 1. The molecule has 29 heavy (non-hydrogen) atoms. The van der Waals surface area contributed by atoms with Crippen LogP contribution in [-0.2, 0) is 14.8 Å². The summed E-state index contributed by atoms with van der Waals surface area (Å²) < 4.78 is 32.2. The maximum atomic E-state index is 12.9. The molecule has 2 aromatic carbocycles. The van der Waals surface area contributed by atoms with Crippen molar-refractivity contribution in [3.63, 3.8) is 0 Å². The Morgan fingerprint density at radius 2 is 1.69 bits per heavy atom. The number of carbonyl (C=O) groups excluding carboxylic acids is 2. The lowest BCUT2D eigenvalue weighted by Crippen LogP contribution is -2.35. The number of piperidine rings is 1. The van der Waals surface area contributed by atoms with Gasteiger partial charge in [-0.1, -0.05) is 41.8 Å². The Bertz CT molecular complexity index is 1030. The molecular weight excluding hydrogens is 437 g/mol. The SMILES string of the molecule is O=C(COC(=O)c1ccc(Cl)c(S(=O)(=O)N2CCCCC2)c1)c1cccc(Cl)c1. The molecule has 1 aliphatic rings. The van der Waals surface area contributed by atoms with Crippen LogP contribution in [0.4, 0.5) is 0 Å². The van der Waals surface area contributed by atoms with Crippen LogP contribution < -0.4 is 0 Å². The van der Waals surface area contributed by atoms with Gasteiger partial charge in [-0.3, -0.25) is 4.79 Å². The number of esters is 1. The van der Waals surface area contributed by atoms with Crippen LogP contribution in [-0.4, -0.2) is 44.2 Å². The van der Waals surface area contributed by atoms with Crippen molar-refractivity contribution in [3.05, 3.63) is 63.6 Å². The molecule has 0 spiro atoms. The van der Waals surface area contributed by atoms with Gasteiger partial charge >= 0.3 is 5.97 Å². The number of rotatable bonds is 6. The molecule has 0 N–H and O–H groups in total. The topological polar surface area (TPSA) is 80.8 Å². The monoisotopic (exact) mass is 455 g/mol. The number of hydrogen-bond acceptors (Lipinski definition) is 5. The number of carbonyl (C=O) groups is 2. The average molecular weight is 456 g/mol. The normalized spacial score (nSPS) is 15.1. The number of nitrogens with zero attached hydrogens (tertiary/aromatic N) is 1. The second-order valence-electron chi connectivity index (χ2n) is 6.62. The zero-order valence-corrected chi connectivity index (χ0v) is 17.8. The molecule has 0 saturated carbocycles. The molecule has 0 atom stereocenters. The third-order valence-electron chi connectivity index (χ3n) is 4.58. The van der Waals surface area contributed by atoms with Crippen LogP contribution in [0.15, 0.2) is 47.4 Å². The van der Waals surface area contributed by atoms with Crippen LogP contribution in [0, 0.1) is 0 Å². The first-order chi connectivity index (χ1) is 13.8. The van der Waals surface area contributed by atoms with Crippen molar-refractivity contribution in [3.8, 4) is 0 Å². The summed E-state index contributed by atoms with van der Waals surface area (Å²) in [5.74, 6) is -1.23. The number of benzene rings is 2. The van der Waals surface area contributed by atoms with E-state index in [0.717, 1.165) is 19.3 Å². The second kappa shape index (κ2) is 9.26. The smallest absolute Gasteiger partial charge is 0.338 e. The first kappa shape index (κ1) is 21.8. The minimum absolute atomic E-state index is 0.00359. The Hall–Kier alpha value is -1.93. The molecule has 9 heteroatoms. The van der Waals surface area contributed by atoms with Crippen LogP contribution in [0.2, 0.25) is 10.0 Å². The molecule has 1 heterocycles. The zero-order chi connectivity index (χ0) is 21.0. The van der Waals surface area contributed by atoms with E-state index in [9.17, 15) is 18.0 Å². The lowest BCUT2D eigenvalue weighted by Gasteiger charge is -2.26. The van der Waals surface area contributed by atoms with Gasteiger partial charge in [-0.25, -0.2) is 13.2 Å². The van der Waals surface area contributed by atoms with Gasteiger partial charge in [-0.05, 0) is 43.2 Å². The van der Waals surface area contributed by atoms with Gasteiger partial charge in [-0.15, -0.1) is 0 Å². The Morgan fingerprint density at radius 3 is 2.38 bits per heavy atom. The Balaban J connectivity index is 1.74. The van der Waals surface area contributed by atoms with Crippen LogP contribution in [0.25, 0.3) is 0 Å². The number of Topliss-reactive ketones (excluding diaryl/α,β-unsaturated/α-hetero) is 1. The van der Waals surface area contributed by atoms with E-state index in [1.807, 2.05) is 0 Å². The number of ether oxygens (including phenoxy) is 1. The molecule has 3 rings (SSSR count). The quantitative estimate of drug-likeness (QED) is 0.481. The summed E-state index contributed by atoms with van der Waals surface area (Å²) >= 11 is 12.0. The van der Waals surface area contributed by atoms with Gasteiger partial charge in [0.15, 0.2) is 12.4 Å². The summed E-state index contributed by atoms with van der Waals surface area (Å²) in [7, 11) is -3.82. The molecular formula is C20H19Cl2NO5S. The van der Waals surface area contributed by atoms with Gasteiger partial charge in [0.1, 0.15) is 4.90 Å². The van der Waals surface area contributed by atoms with Crippen LogP contribution in [0.5, 0.6) is 0 Å². The standard InChI is InChI=1S/C20H19Cl2NO5S/c21-16-6-4-5-14(11-16)18(24)13-28-20(25)15-7-8-17(22)19(12-15)29(26,27)23-9-2-1-3-10-23/h4-8,11-12H,1-3,9-10,13H2. The molecule has 1 aliphatic heterocycles. The van der Waals surface area contributed by atoms with Gasteiger partial charge in [0, 0.05) is 23.7 Å². The van der Waals surface area contributed by atoms with Crippen LogP contribution in [0.1, 0.15) is 40.0 Å². The highest BCUT2D eigenvalue weighted by molar-refractivity contribution is 7.89. The predicted octanol–water partition coefficient (Wildman–Crippen LogP) is 4.21. The van der Waals surface area contributed by atoms with Crippen molar-refractivity contribution in [1.29, 1.82) is 0 Å². The summed E-state index contributed by atoms with van der Waals surface area (Å²) in [6.45, 7) is 0.346. The van der Waals surface area contributed by atoms with Crippen molar-refractivity contribution >= 4 is 45.0 Å². The molecule has 2 aromatic rings. The first-order valence-corrected chi connectivity index (χ1v) is 11.2. The van der Waals surface area contributed by atoms with Gasteiger partial charge in [0.05, 0.1) is 10.6 Å². The van der Waals surface area contributed by atoms with E-state index in [1.165, 1.54) is 28.6 Å². The Labute approximate surface area is 179 Å². The maximum absolute atomic E-state index is 12.9. The van der Waals surface area contributed by atoms with Crippen LogP contribution in [0.3, 0.4) is 0 Å². The van der Waals surface area contributed by atoms with Crippen molar-refractivity contribution in [2.75, 3.05) is 19.7 Å². The van der Waals surface area contributed by atoms with E-state index in [4.69, 9.17) is 27.9 Å². The highest BCUT2D eigenvalue weighted by atomic mass is 35.5. The highest BCUT2D eigenvalue weighted by Gasteiger charge is 2.29. The van der Waals surface area contributed by atoms with Crippen molar-refractivity contribution < 1.29 is 22.7 Å². The molecule has 1 fully saturated rings. The molecule has 0 unspecified atom stereocenters. The van der Waals surface area contributed by atoms with E-state index >= 15 is 0 Å². The van der Waals surface area contributed by atoms with Gasteiger partial charge in [0.25, 0.3) is 0 Å². The van der Waals surface area contributed by atoms with E-state index in [1.54, 1.807) is 18.2 Å². The third-order valence-corrected chi connectivity index (χ3v) is 7.20.